The predicted octanol–water partition coefficient (Wildman–Crippen LogP) is 2.61. The highest BCUT2D eigenvalue weighted by molar-refractivity contribution is 7.98. The summed E-state index contributed by atoms with van der Waals surface area (Å²) >= 11 is 1.86. The topological polar surface area (TPSA) is 55.1 Å². The van der Waals surface area contributed by atoms with E-state index in [9.17, 15) is 4.79 Å². The third-order valence-electron chi connectivity index (χ3n) is 3.74. The zero-order valence-electron chi connectivity index (χ0n) is 12.3. The maximum absolute atomic E-state index is 11.6. The lowest BCUT2D eigenvalue weighted by molar-refractivity contribution is -0.124. The van der Waals surface area contributed by atoms with Gasteiger partial charge in [0.1, 0.15) is 0 Å². The lowest BCUT2D eigenvalue weighted by atomic mass is 9.98. The second-order valence-electron chi connectivity index (χ2n) is 5.91. The van der Waals surface area contributed by atoms with E-state index in [4.69, 9.17) is 5.73 Å². The number of carbonyl (C=O) groups is 1. The van der Waals surface area contributed by atoms with Crippen molar-refractivity contribution in [1.29, 1.82) is 0 Å². The average Bonchev–Trinajstić information content (AvgIpc) is 3.18. The highest BCUT2D eigenvalue weighted by atomic mass is 32.2. The van der Waals surface area contributed by atoms with Crippen LogP contribution in [0, 0.1) is 6.92 Å². The highest BCUT2D eigenvalue weighted by Crippen LogP contribution is 2.25. The molecule has 3 N–H and O–H groups in total. The van der Waals surface area contributed by atoms with Crippen LogP contribution in [0.2, 0.25) is 0 Å². The molecule has 0 spiro atoms. The molecule has 3 nitrogen and oxygen atoms in total. The van der Waals surface area contributed by atoms with E-state index in [1.807, 2.05) is 18.7 Å². The molecule has 0 aromatic heterocycles. The zero-order chi connectivity index (χ0) is 14.6. The first-order valence-corrected chi connectivity index (χ1v) is 8.36. The van der Waals surface area contributed by atoms with E-state index >= 15 is 0 Å². The summed E-state index contributed by atoms with van der Waals surface area (Å²) < 4.78 is 0. The minimum atomic E-state index is -0.555. The Kier molecular flexibility index (Phi) is 5.11. The van der Waals surface area contributed by atoms with Gasteiger partial charge in [0.15, 0.2) is 0 Å². The van der Waals surface area contributed by atoms with Gasteiger partial charge in [0.25, 0.3) is 0 Å². The molecule has 1 aromatic carbocycles. The quantitative estimate of drug-likeness (QED) is 0.724. The number of benzene rings is 1. The second kappa shape index (κ2) is 6.64. The fourth-order valence-electron chi connectivity index (χ4n) is 2.21. The summed E-state index contributed by atoms with van der Waals surface area (Å²) in [7, 11) is 0. The molecule has 2 rings (SSSR count). The Bertz CT molecular complexity index is 473. The fourth-order valence-corrected chi connectivity index (χ4v) is 3.33. The maximum atomic E-state index is 11.6. The van der Waals surface area contributed by atoms with Gasteiger partial charge in [-0.15, -0.1) is 0 Å². The van der Waals surface area contributed by atoms with Crippen LogP contribution in [0.15, 0.2) is 24.3 Å². The molecule has 1 unspecified atom stereocenters. The summed E-state index contributed by atoms with van der Waals surface area (Å²) in [6.07, 6.45) is 3.12. The van der Waals surface area contributed by atoms with E-state index in [1.165, 1.54) is 24.0 Å². The third-order valence-corrected chi connectivity index (χ3v) is 4.77. The number of nitrogens with two attached hydrogens (primary N) is 1. The number of hydrogen-bond acceptors (Lipinski definition) is 3. The fraction of sp³-hybridized carbons (Fsp3) is 0.562. The van der Waals surface area contributed by atoms with Crippen LogP contribution in [0.5, 0.6) is 0 Å². The molecule has 1 amide bonds. The molecule has 1 aromatic rings. The summed E-state index contributed by atoms with van der Waals surface area (Å²) in [6, 6.07) is 9.05. The molecule has 4 heteroatoms. The Hall–Kier alpha value is -1.00. The lowest BCUT2D eigenvalue weighted by Crippen LogP contribution is -2.54. The largest absolute Gasteiger partial charge is 0.368 e. The first-order chi connectivity index (χ1) is 9.49. The van der Waals surface area contributed by atoms with Gasteiger partial charge in [-0.05, 0) is 44.4 Å². The Labute approximate surface area is 125 Å². The van der Waals surface area contributed by atoms with Crippen molar-refractivity contribution in [3.05, 3.63) is 35.4 Å². The molecule has 0 saturated heterocycles. The van der Waals surface area contributed by atoms with Gasteiger partial charge in [-0.25, -0.2) is 0 Å². The standard InChI is InChI=1S/C16H24N2OS/c1-12-4-3-5-13(10-12)11-20-9-8-16(2,15(17)19)18-14-6-7-14/h3-5,10,14,18H,6-9,11H2,1-2H3,(H2,17,19). The molecule has 20 heavy (non-hydrogen) atoms. The SMILES string of the molecule is Cc1cccc(CSCCC(C)(NC2CC2)C(N)=O)c1. The Balaban J connectivity index is 1.77. The van der Waals surface area contributed by atoms with Crippen LogP contribution in [-0.4, -0.2) is 23.2 Å². The Morgan fingerprint density at radius 1 is 1.50 bits per heavy atom. The number of primary amides is 1. The number of nitrogens with one attached hydrogen (secondary N) is 1. The molecule has 0 aliphatic heterocycles. The van der Waals surface area contributed by atoms with Gasteiger partial charge in [-0.2, -0.15) is 11.8 Å². The first-order valence-electron chi connectivity index (χ1n) is 7.20. The van der Waals surface area contributed by atoms with Crippen molar-refractivity contribution in [1.82, 2.24) is 5.32 Å². The van der Waals surface area contributed by atoms with Crippen molar-refractivity contribution in [2.24, 2.45) is 5.73 Å². The normalized spacial score (nSPS) is 17.7. The van der Waals surface area contributed by atoms with Gasteiger partial charge in [0.05, 0.1) is 5.54 Å². The first kappa shape index (κ1) is 15.4. The van der Waals surface area contributed by atoms with E-state index in [-0.39, 0.29) is 5.91 Å². The number of amides is 1. The van der Waals surface area contributed by atoms with Crippen molar-refractivity contribution >= 4 is 17.7 Å². The second-order valence-corrected chi connectivity index (χ2v) is 7.01. The Morgan fingerprint density at radius 2 is 2.25 bits per heavy atom. The average molecular weight is 292 g/mol. The van der Waals surface area contributed by atoms with Crippen LogP contribution >= 0.6 is 11.8 Å². The number of hydrogen-bond donors (Lipinski definition) is 2. The molecule has 1 saturated carbocycles. The van der Waals surface area contributed by atoms with E-state index in [1.54, 1.807) is 0 Å². The number of carbonyl (C=O) groups excluding carboxylic acids is 1. The van der Waals surface area contributed by atoms with Crippen LogP contribution < -0.4 is 11.1 Å². The van der Waals surface area contributed by atoms with Gasteiger partial charge < -0.3 is 11.1 Å². The van der Waals surface area contributed by atoms with Crippen molar-refractivity contribution in [2.45, 2.75) is 50.4 Å². The van der Waals surface area contributed by atoms with Crippen molar-refractivity contribution in [2.75, 3.05) is 5.75 Å². The molecule has 1 atom stereocenters. The van der Waals surface area contributed by atoms with Crippen molar-refractivity contribution in [3.63, 3.8) is 0 Å². The third kappa shape index (κ3) is 4.53. The number of rotatable bonds is 8. The molecule has 0 heterocycles. The van der Waals surface area contributed by atoms with E-state index in [2.05, 4.69) is 36.5 Å². The predicted molar refractivity (Wildman–Crippen MR) is 85.7 cm³/mol. The minimum absolute atomic E-state index is 0.236. The summed E-state index contributed by atoms with van der Waals surface area (Å²) in [5, 5.41) is 3.39. The van der Waals surface area contributed by atoms with Gasteiger partial charge in [0, 0.05) is 11.8 Å². The lowest BCUT2D eigenvalue weighted by Gasteiger charge is -2.27. The molecular formula is C16H24N2OS. The van der Waals surface area contributed by atoms with Crippen LogP contribution in [-0.2, 0) is 10.5 Å². The van der Waals surface area contributed by atoms with Crippen LogP contribution in [0.4, 0.5) is 0 Å². The van der Waals surface area contributed by atoms with Crippen molar-refractivity contribution in [3.8, 4) is 0 Å². The smallest absolute Gasteiger partial charge is 0.237 e. The van der Waals surface area contributed by atoms with Gasteiger partial charge in [-0.1, -0.05) is 29.8 Å². The molecule has 110 valence electrons. The molecule has 1 aliphatic carbocycles. The van der Waals surface area contributed by atoms with E-state index in [0.717, 1.165) is 17.9 Å². The molecule has 0 bridgehead atoms. The number of aryl methyl sites for hydroxylation is 1. The van der Waals surface area contributed by atoms with Gasteiger partial charge in [0.2, 0.25) is 5.91 Å². The Morgan fingerprint density at radius 3 is 2.85 bits per heavy atom. The molecule has 1 aliphatic rings. The summed E-state index contributed by atoms with van der Waals surface area (Å²) in [4.78, 5) is 11.6. The monoisotopic (exact) mass is 292 g/mol. The van der Waals surface area contributed by atoms with Crippen molar-refractivity contribution < 1.29 is 4.79 Å². The summed E-state index contributed by atoms with van der Waals surface area (Å²) in [5.41, 5.74) is 7.63. The maximum Gasteiger partial charge on any atom is 0.237 e. The summed E-state index contributed by atoms with van der Waals surface area (Å²) in [6.45, 7) is 4.04. The van der Waals surface area contributed by atoms with E-state index < -0.39 is 5.54 Å². The van der Waals surface area contributed by atoms with Crippen LogP contribution in [0.3, 0.4) is 0 Å². The molecule has 0 radical (unpaired) electrons. The minimum Gasteiger partial charge on any atom is -0.368 e. The van der Waals surface area contributed by atoms with Gasteiger partial charge in [-0.3, -0.25) is 4.79 Å². The van der Waals surface area contributed by atoms with Gasteiger partial charge >= 0.3 is 0 Å². The molecule has 1 fully saturated rings. The zero-order valence-corrected chi connectivity index (χ0v) is 13.1. The highest BCUT2D eigenvalue weighted by Gasteiger charge is 2.36. The summed E-state index contributed by atoms with van der Waals surface area (Å²) in [5.74, 6) is 1.69. The van der Waals surface area contributed by atoms with Crippen LogP contribution in [0.25, 0.3) is 0 Å². The number of thioether (sulfide) groups is 1. The molecular weight excluding hydrogens is 268 g/mol. The van der Waals surface area contributed by atoms with Crippen LogP contribution in [0.1, 0.15) is 37.3 Å². The van der Waals surface area contributed by atoms with E-state index in [0.29, 0.717) is 6.04 Å².